The first-order valence-corrected chi connectivity index (χ1v) is 9.36. The predicted octanol–water partition coefficient (Wildman–Crippen LogP) is 4.64. The van der Waals surface area contributed by atoms with Crippen molar-refractivity contribution in [3.8, 4) is 0 Å². The minimum atomic E-state index is 0.157. The van der Waals surface area contributed by atoms with E-state index < -0.39 is 0 Å². The first-order chi connectivity index (χ1) is 10.4. The molecule has 2 fully saturated rings. The van der Waals surface area contributed by atoms with Gasteiger partial charge in [0.15, 0.2) is 0 Å². The van der Waals surface area contributed by atoms with E-state index in [9.17, 15) is 0 Å². The number of thioether (sulfide) groups is 1. The van der Waals surface area contributed by atoms with Crippen LogP contribution in [0.5, 0.6) is 0 Å². The Morgan fingerprint density at radius 3 is 2.52 bits per heavy atom. The fourth-order valence-electron chi connectivity index (χ4n) is 3.96. The van der Waals surface area contributed by atoms with Crippen molar-refractivity contribution in [2.75, 3.05) is 24.6 Å². The fraction of sp³-hybridized carbons (Fsp3) is 0.556. The van der Waals surface area contributed by atoms with Gasteiger partial charge in [0.25, 0.3) is 0 Å². The zero-order valence-electron chi connectivity index (χ0n) is 12.5. The molecule has 2 aliphatic rings. The summed E-state index contributed by atoms with van der Waals surface area (Å²) in [7, 11) is 0. The number of furan rings is 1. The molecule has 0 radical (unpaired) electrons. The summed E-state index contributed by atoms with van der Waals surface area (Å²) in [6.45, 7) is 2.48. The lowest BCUT2D eigenvalue weighted by Gasteiger charge is -2.46. The van der Waals surface area contributed by atoms with Gasteiger partial charge in [-0.3, -0.25) is 4.90 Å². The van der Waals surface area contributed by atoms with E-state index in [0.29, 0.717) is 0 Å². The maximum absolute atomic E-state index is 6.31. The second-order valence-corrected chi connectivity index (χ2v) is 7.56. The van der Waals surface area contributed by atoms with Crippen LogP contribution in [0.3, 0.4) is 0 Å². The number of fused-ring (bicyclic) bond motifs is 1. The Labute approximate surface area is 130 Å². The number of hydrogen-bond donors (Lipinski definition) is 0. The molecule has 0 bridgehead atoms. The van der Waals surface area contributed by atoms with Gasteiger partial charge in [-0.05, 0) is 62.4 Å². The minimum Gasteiger partial charge on any atom is -0.459 e. The van der Waals surface area contributed by atoms with E-state index in [4.69, 9.17) is 4.42 Å². The Hall–Kier alpha value is -0.930. The van der Waals surface area contributed by atoms with Crippen molar-refractivity contribution < 1.29 is 4.42 Å². The molecule has 3 heteroatoms. The Balaban J connectivity index is 1.77. The Kier molecular flexibility index (Phi) is 3.72. The van der Waals surface area contributed by atoms with Crippen LogP contribution in [-0.4, -0.2) is 29.5 Å². The Bertz CT molecular complexity index is 575. The Morgan fingerprint density at radius 2 is 1.76 bits per heavy atom. The summed E-state index contributed by atoms with van der Waals surface area (Å²) >= 11 is 2.09. The van der Waals surface area contributed by atoms with E-state index in [2.05, 4.69) is 47.0 Å². The second kappa shape index (κ2) is 5.69. The van der Waals surface area contributed by atoms with E-state index in [1.54, 1.807) is 0 Å². The summed E-state index contributed by atoms with van der Waals surface area (Å²) in [5.74, 6) is 3.73. The van der Waals surface area contributed by atoms with E-state index >= 15 is 0 Å². The van der Waals surface area contributed by atoms with Crippen LogP contribution in [0, 0.1) is 0 Å². The number of benzene rings is 1. The van der Waals surface area contributed by atoms with Gasteiger partial charge >= 0.3 is 0 Å². The van der Waals surface area contributed by atoms with Gasteiger partial charge in [-0.1, -0.05) is 24.6 Å². The van der Waals surface area contributed by atoms with Gasteiger partial charge in [0.1, 0.15) is 11.3 Å². The highest BCUT2D eigenvalue weighted by atomic mass is 32.2. The van der Waals surface area contributed by atoms with Crippen LogP contribution in [0.4, 0.5) is 0 Å². The van der Waals surface area contributed by atoms with Gasteiger partial charge in [0.2, 0.25) is 0 Å². The zero-order valence-corrected chi connectivity index (χ0v) is 13.3. The molecule has 2 saturated heterocycles. The molecule has 0 unspecified atom stereocenters. The summed E-state index contributed by atoms with van der Waals surface area (Å²) in [5, 5.41) is 1.25. The van der Waals surface area contributed by atoms with E-state index in [1.165, 1.54) is 67.8 Å². The second-order valence-electron chi connectivity index (χ2n) is 6.34. The van der Waals surface area contributed by atoms with Gasteiger partial charge in [-0.15, -0.1) is 0 Å². The van der Waals surface area contributed by atoms with Crippen molar-refractivity contribution in [2.24, 2.45) is 0 Å². The largest absolute Gasteiger partial charge is 0.459 e. The zero-order chi connectivity index (χ0) is 14.1. The molecule has 112 valence electrons. The van der Waals surface area contributed by atoms with Crippen molar-refractivity contribution in [3.63, 3.8) is 0 Å². The predicted molar refractivity (Wildman–Crippen MR) is 89.9 cm³/mol. The number of piperidine rings is 1. The van der Waals surface area contributed by atoms with Crippen LogP contribution < -0.4 is 0 Å². The summed E-state index contributed by atoms with van der Waals surface area (Å²) < 4.78 is 6.31. The molecule has 0 atom stereocenters. The minimum absolute atomic E-state index is 0.157. The smallest absolute Gasteiger partial charge is 0.134 e. The summed E-state index contributed by atoms with van der Waals surface area (Å²) in [6, 6.07) is 10.7. The SMILES string of the molecule is c1ccc2oc(C3(N4CCCCC4)CCSCC3)cc2c1. The van der Waals surface area contributed by atoms with Gasteiger partial charge in [-0.25, -0.2) is 0 Å². The van der Waals surface area contributed by atoms with Crippen LogP contribution in [-0.2, 0) is 5.54 Å². The average Bonchev–Trinajstić information content (AvgIpc) is 3.01. The van der Waals surface area contributed by atoms with Crippen LogP contribution in [0.15, 0.2) is 34.7 Å². The summed E-state index contributed by atoms with van der Waals surface area (Å²) in [6.07, 6.45) is 6.54. The van der Waals surface area contributed by atoms with E-state index in [1.807, 2.05) is 0 Å². The molecule has 4 rings (SSSR count). The van der Waals surface area contributed by atoms with Crippen molar-refractivity contribution in [3.05, 3.63) is 36.1 Å². The lowest BCUT2D eigenvalue weighted by Crippen LogP contribution is -2.50. The molecule has 2 nitrogen and oxygen atoms in total. The third-order valence-corrected chi connectivity index (χ3v) is 6.15. The van der Waals surface area contributed by atoms with Crippen molar-refractivity contribution in [1.82, 2.24) is 4.90 Å². The summed E-state index contributed by atoms with van der Waals surface area (Å²) in [5.41, 5.74) is 1.20. The van der Waals surface area contributed by atoms with Gasteiger partial charge in [-0.2, -0.15) is 11.8 Å². The lowest BCUT2D eigenvalue weighted by molar-refractivity contribution is 0.0382. The highest BCUT2D eigenvalue weighted by molar-refractivity contribution is 7.99. The number of rotatable bonds is 2. The maximum Gasteiger partial charge on any atom is 0.134 e. The molecule has 2 aliphatic heterocycles. The third-order valence-electron chi connectivity index (χ3n) is 5.17. The number of para-hydroxylation sites is 1. The molecule has 1 aromatic heterocycles. The molecule has 21 heavy (non-hydrogen) atoms. The lowest BCUT2D eigenvalue weighted by atomic mass is 9.85. The average molecular weight is 301 g/mol. The highest BCUT2D eigenvalue weighted by Gasteiger charge is 2.42. The van der Waals surface area contributed by atoms with Crippen LogP contribution in [0.2, 0.25) is 0 Å². The first kappa shape index (κ1) is 13.7. The standard InChI is InChI=1S/C18H23NOS/c1-4-10-19(11-5-1)18(8-12-21-13-9-18)17-14-15-6-2-3-7-16(15)20-17/h2-3,6-7,14H,1,4-5,8-13H2. The Morgan fingerprint density at radius 1 is 1.00 bits per heavy atom. The molecule has 0 saturated carbocycles. The van der Waals surface area contributed by atoms with E-state index in [-0.39, 0.29) is 5.54 Å². The highest BCUT2D eigenvalue weighted by Crippen LogP contribution is 2.44. The normalized spacial score (nSPS) is 23.4. The van der Waals surface area contributed by atoms with Gasteiger partial charge in [0.05, 0.1) is 5.54 Å². The van der Waals surface area contributed by atoms with Crippen LogP contribution in [0.1, 0.15) is 37.9 Å². The third kappa shape index (κ3) is 2.40. The first-order valence-electron chi connectivity index (χ1n) is 8.20. The fourth-order valence-corrected chi connectivity index (χ4v) is 5.13. The number of likely N-dealkylation sites (tertiary alicyclic amines) is 1. The quantitative estimate of drug-likeness (QED) is 0.804. The molecule has 0 spiro atoms. The van der Waals surface area contributed by atoms with E-state index in [0.717, 1.165) is 5.58 Å². The molecular formula is C18H23NOS. The van der Waals surface area contributed by atoms with Crippen LogP contribution in [0.25, 0.3) is 11.0 Å². The summed E-state index contributed by atoms with van der Waals surface area (Å²) in [4.78, 5) is 2.73. The van der Waals surface area contributed by atoms with Crippen molar-refractivity contribution in [1.29, 1.82) is 0 Å². The van der Waals surface area contributed by atoms with Gasteiger partial charge in [0, 0.05) is 5.39 Å². The molecule has 3 heterocycles. The molecular weight excluding hydrogens is 278 g/mol. The van der Waals surface area contributed by atoms with Crippen molar-refractivity contribution in [2.45, 2.75) is 37.6 Å². The number of nitrogens with zero attached hydrogens (tertiary/aromatic N) is 1. The molecule has 0 N–H and O–H groups in total. The molecule has 0 amide bonds. The number of hydrogen-bond acceptors (Lipinski definition) is 3. The molecule has 1 aromatic carbocycles. The van der Waals surface area contributed by atoms with Crippen LogP contribution >= 0.6 is 11.8 Å². The van der Waals surface area contributed by atoms with Crippen molar-refractivity contribution >= 4 is 22.7 Å². The molecule has 2 aromatic rings. The monoisotopic (exact) mass is 301 g/mol. The van der Waals surface area contributed by atoms with Gasteiger partial charge < -0.3 is 4.42 Å². The topological polar surface area (TPSA) is 16.4 Å². The maximum atomic E-state index is 6.31. The molecule has 0 aliphatic carbocycles.